The summed E-state index contributed by atoms with van der Waals surface area (Å²) in [4.78, 5) is 4.81. The van der Waals surface area contributed by atoms with Crippen molar-refractivity contribution in [3.63, 3.8) is 0 Å². The summed E-state index contributed by atoms with van der Waals surface area (Å²) in [5.74, 6) is -1.29. The first-order valence-corrected chi connectivity index (χ1v) is 11.8. The van der Waals surface area contributed by atoms with Crippen LogP contribution in [0.15, 0.2) is 18.2 Å². The Balaban J connectivity index is 1.96. The van der Waals surface area contributed by atoms with Crippen LogP contribution in [0.5, 0.6) is 0 Å². The third kappa shape index (κ3) is 4.73. The van der Waals surface area contributed by atoms with Gasteiger partial charge in [0.1, 0.15) is 5.82 Å². The molecule has 7 heteroatoms. The molecule has 0 N–H and O–H groups in total. The molecule has 1 aromatic heterocycles. The van der Waals surface area contributed by atoms with Gasteiger partial charge >= 0.3 is 0 Å². The van der Waals surface area contributed by atoms with Crippen LogP contribution in [0, 0.1) is 5.92 Å². The Morgan fingerprint density at radius 3 is 2.43 bits per heavy atom. The van der Waals surface area contributed by atoms with Crippen LogP contribution in [0.3, 0.4) is 0 Å². The summed E-state index contributed by atoms with van der Waals surface area (Å²) in [6, 6.07) is 5.62. The van der Waals surface area contributed by atoms with E-state index in [-0.39, 0.29) is 35.7 Å². The van der Waals surface area contributed by atoms with Gasteiger partial charge in [-0.25, -0.2) is 22.2 Å². The van der Waals surface area contributed by atoms with E-state index in [1.807, 2.05) is 18.2 Å². The lowest BCUT2D eigenvalue weighted by Crippen LogP contribution is -2.28. The Hall–Kier alpha value is -1.50. The van der Waals surface area contributed by atoms with Gasteiger partial charge in [-0.2, -0.15) is 0 Å². The smallest absolute Gasteiger partial charge is 0.248 e. The molecule has 1 fully saturated rings. The summed E-state index contributed by atoms with van der Waals surface area (Å²) in [6.45, 7) is 8.58. The van der Waals surface area contributed by atoms with Crippen LogP contribution < -0.4 is 0 Å². The highest BCUT2D eigenvalue weighted by Crippen LogP contribution is 2.38. The number of nitrogens with zero attached hydrogens (tertiary/aromatic N) is 2. The second-order valence-electron chi connectivity index (χ2n) is 9.09. The molecule has 4 nitrogen and oxygen atoms in total. The van der Waals surface area contributed by atoms with Crippen molar-refractivity contribution in [2.45, 2.75) is 77.0 Å². The maximum Gasteiger partial charge on any atom is 0.248 e. The zero-order valence-corrected chi connectivity index (χ0v) is 18.0. The zero-order valence-electron chi connectivity index (χ0n) is 17.1. The quantitative estimate of drug-likeness (QED) is 0.687. The van der Waals surface area contributed by atoms with E-state index >= 15 is 0 Å². The molecule has 0 bridgehead atoms. The van der Waals surface area contributed by atoms with Crippen molar-refractivity contribution in [2.75, 3.05) is 5.75 Å². The van der Waals surface area contributed by atoms with E-state index in [1.165, 1.54) is 0 Å². The van der Waals surface area contributed by atoms with Gasteiger partial charge in [-0.1, -0.05) is 33.8 Å². The fourth-order valence-electron chi connectivity index (χ4n) is 3.92. The van der Waals surface area contributed by atoms with Gasteiger partial charge in [0.05, 0.1) is 16.8 Å². The highest BCUT2D eigenvalue weighted by molar-refractivity contribution is 7.90. The second-order valence-corrected chi connectivity index (χ2v) is 11.4. The molecule has 0 radical (unpaired) electrons. The van der Waals surface area contributed by atoms with Crippen molar-refractivity contribution >= 4 is 20.9 Å². The first kappa shape index (κ1) is 21.2. The average Bonchev–Trinajstić information content (AvgIpc) is 2.94. The van der Waals surface area contributed by atoms with Crippen LogP contribution >= 0.6 is 0 Å². The van der Waals surface area contributed by atoms with E-state index in [9.17, 15) is 17.2 Å². The van der Waals surface area contributed by atoms with E-state index in [2.05, 4.69) is 25.3 Å². The third-order valence-electron chi connectivity index (χ3n) is 5.59. The molecular formula is C21H30F2N2O2S. The molecule has 1 aliphatic rings. The minimum atomic E-state index is -3.11. The molecule has 3 rings (SSSR count). The Labute approximate surface area is 166 Å². The highest BCUT2D eigenvalue weighted by atomic mass is 32.2. The number of benzene rings is 1. The lowest BCUT2D eigenvalue weighted by atomic mass is 9.86. The predicted octanol–water partition coefficient (Wildman–Crippen LogP) is 5.09. The van der Waals surface area contributed by atoms with E-state index in [4.69, 9.17) is 4.98 Å². The molecule has 0 unspecified atom stereocenters. The van der Waals surface area contributed by atoms with Gasteiger partial charge < -0.3 is 4.57 Å². The normalized spacial score (nSPS) is 18.6. The van der Waals surface area contributed by atoms with Crippen molar-refractivity contribution in [1.82, 2.24) is 9.55 Å². The first-order valence-electron chi connectivity index (χ1n) is 9.98. The molecule has 1 heterocycles. The minimum absolute atomic E-state index is 0.00879. The summed E-state index contributed by atoms with van der Waals surface area (Å²) < 4.78 is 53.1. The molecule has 0 amide bonds. The van der Waals surface area contributed by atoms with Crippen LogP contribution in [0.1, 0.15) is 64.8 Å². The standard InChI is InChI=1S/C21H30F2N2O2S/c1-5-28(26,27)14-16-6-7-18-17(12-16)24-19(20(2,3)4)25(18)13-15-8-10-21(22,23)11-9-15/h6-7,12,15H,5,8-11,13-14H2,1-4H3. The molecular weight excluding hydrogens is 382 g/mol. The Kier molecular flexibility index (Phi) is 5.60. The number of rotatable bonds is 5. The predicted molar refractivity (Wildman–Crippen MR) is 109 cm³/mol. The zero-order chi connectivity index (χ0) is 20.7. The van der Waals surface area contributed by atoms with Gasteiger partial charge in [0.2, 0.25) is 5.92 Å². The number of sulfone groups is 1. The van der Waals surface area contributed by atoms with Gasteiger partial charge in [-0.15, -0.1) is 0 Å². The van der Waals surface area contributed by atoms with Crippen molar-refractivity contribution in [2.24, 2.45) is 5.92 Å². The largest absolute Gasteiger partial charge is 0.327 e. The van der Waals surface area contributed by atoms with Crippen LogP contribution in [0.25, 0.3) is 11.0 Å². The number of hydrogen-bond acceptors (Lipinski definition) is 3. The molecule has 28 heavy (non-hydrogen) atoms. The fourth-order valence-corrected chi connectivity index (χ4v) is 4.81. The number of fused-ring (bicyclic) bond motifs is 1. The van der Waals surface area contributed by atoms with Crippen LogP contribution in [0.4, 0.5) is 8.78 Å². The molecule has 2 aromatic rings. The van der Waals surface area contributed by atoms with Crippen molar-refractivity contribution in [1.29, 1.82) is 0 Å². The van der Waals surface area contributed by atoms with E-state index in [1.54, 1.807) is 6.92 Å². The van der Waals surface area contributed by atoms with Gasteiger partial charge in [0.15, 0.2) is 9.84 Å². The number of imidazole rings is 1. The van der Waals surface area contributed by atoms with E-state index < -0.39 is 15.8 Å². The number of halogens is 2. The molecule has 0 aliphatic heterocycles. The third-order valence-corrected chi connectivity index (χ3v) is 7.24. The number of hydrogen-bond donors (Lipinski definition) is 0. The Bertz CT molecular complexity index is 949. The van der Waals surface area contributed by atoms with Gasteiger partial charge in [-0.05, 0) is 36.5 Å². The summed E-state index contributed by atoms with van der Waals surface area (Å²) in [5.41, 5.74) is 2.25. The monoisotopic (exact) mass is 412 g/mol. The van der Waals surface area contributed by atoms with Crippen LogP contribution in [-0.4, -0.2) is 29.6 Å². The lowest BCUT2D eigenvalue weighted by Gasteiger charge is -2.30. The molecule has 0 atom stereocenters. The van der Waals surface area contributed by atoms with Crippen molar-refractivity contribution < 1.29 is 17.2 Å². The summed E-state index contributed by atoms with van der Waals surface area (Å²) >= 11 is 0. The van der Waals surface area contributed by atoms with Gasteiger partial charge in [0.25, 0.3) is 0 Å². The SMILES string of the molecule is CCS(=O)(=O)Cc1ccc2c(c1)nc(C(C)(C)C)n2CC1CCC(F)(F)CC1. The van der Waals surface area contributed by atoms with Crippen LogP contribution in [0.2, 0.25) is 0 Å². The Morgan fingerprint density at radius 1 is 1.21 bits per heavy atom. The molecule has 0 spiro atoms. The van der Waals surface area contributed by atoms with Crippen molar-refractivity contribution in [3.05, 3.63) is 29.6 Å². The molecule has 1 aromatic carbocycles. The summed E-state index contributed by atoms with van der Waals surface area (Å²) in [5, 5.41) is 0. The molecule has 0 saturated heterocycles. The van der Waals surface area contributed by atoms with E-state index in [0.29, 0.717) is 19.4 Å². The molecule has 1 saturated carbocycles. The summed E-state index contributed by atoms with van der Waals surface area (Å²) in [7, 11) is -3.11. The minimum Gasteiger partial charge on any atom is -0.327 e. The maximum absolute atomic E-state index is 13.5. The average molecular weight is 413 g/mol. The topological polar surface area (TPSA) is 52.0 Å². The first-order chi connectivity index (χ1) is 12.9. The fraction of sp³-hybridized carbons (Fsp3) is 0.667. The number of alkyl halides is 2. The molecule has 1 aliphatic carbocycles. The van der Waals surface area contributed by atoms with Crippen molar-refractivity contribution in [3.8, 4) is 0 Å². The van der Waals surface area contributed by atoms with Gasteiger partial charge in [-0.3, -0.25) is 0 Å². The summed E-state index contributed by atoms with van der Waals surface area (Å²) in [6.07, 6.45) is 0.939. The molecule has 156 valence electrons. The highest BCUT2D eigenvalue weighted by Gasteiger charge is 2.35. The second kappa shape index (κ2) is 7.39. The number of aromatic nitrogens is 2. The maximum atomic E-state index is 13.5. The van der Waals surface area contributed by atoms with Gasteiger partial charge in [0, 0.05) is 30.6 Å². The Morgan fingerprint density at radius 2 is 1.86 bits per heavy atom. The van der Waals surface area contributed by atoms with E-state index in [0.717, 1.165) is 22.4 Å². The van der Waals surface area contributed by atoms with Crippen LogP contribution in [-0.2, 0) is 27.5 Å². The lowest BCUT2D eigenvalue weighted by molar-refractivity contribution is -0.0473.